The molecule has 1 aromatic rings. The SMILES string of the molecule is CCCc1cncc(N)n1. The lowest BCUT2D eigenvalue weighted by Gasteiger charge is -1.96. The van der Waals surface area contributed by atoms with Gasteiger partial charge in [-0.1, -0.05) is 13.3 Å². The number of anilines is 1. The fraction of sp³-hybridized carbons (Fsp3) is 0.429. The van der Waals surface area contributed by atoms with Crippen LogP contribution in [0, 0.1) is 0 Å². The Morgan fingerprint density at radius 3 is 2.90 bits per heavy atom. The van der Waals surface area contributed by atoms with Crippen molar-refractivity contribution in [2.24, 2.45) is 0 Å². The minimum absolute atomic E-state index is 0.506. The largest absolute Gasteiger partial charge is 0.382 e. The Labute approximate surface area is 60.3 Å². The third-order valence-corrected chi connectivity index (χ3v) is 1.21. The second-order valence-electron chi connectivity index (χ2n) is 2.19. The third kappa shape index (κ3) is 1.69. The van der Waals surface area contributed by atoms with Crippen molar-refractivity contribution in [2.75, 3.05) is 5.73 Å². The highest BCUT2D eigenvalue weighted by atomic mass is 14.9. The van der Waals surface area contributed by atoms with E-state index < -0.39 is 0 Å². The second kappa shape index (κ2) is 3.15. The molecule has 0 fully saturated rings. The highest BCUT2D eigenvalue weighted by molar-refractivity contribution is 5.23. The van der Waals surface area contributed by atoms with Gasteiger partial charge in [-0.3, -0.25) is 4.98 Å². The molecule has 0 unspecified atom stereocenters. The lowest BCUT2D eigenvalue weighted by molar-refractivity contribution is 0.873. The summed E-state index contributed by atoms with van der Waals surface area (Å²) in [6.07, 6.45) is 5.34. The van der Waals surface area contributed by atoms with E-state index >= 15 is 0 Å². The highest BCUT2D eigenvalue weighted by Gasteiger charge is 1.92. The van der Waals surface area contributed by atoms with Crippen molar-refractivity contribution in [1.29, 1.82) is 0 Å². The molecule has 3 heteroatoms. The van der Waals surface area contributed by atoms with Crippen LogP contribution in [0.4, 0.5) is 5.82 Å². The van der Waals surface area contributed by atoms with Gasteiger partial charge in [0.25, 0.3) is 0 Å². The smallest absolute Gasteiger partial charge is 0.142 e. The van der Waals surface area contributed by atoms with E-state index in [1.807, 2.05) is 0 Å². The summed E-state index contributed by atoms with van der Waals surface area (Å²) < 4.78 is 0. The molecule has 1 heterocycles. The molecule has 0 bridgehead atoms. The fourth-order valence-corrected chi connectivity index (χ4v) is 0.800. The van der Waals surface area contributed by atoms with Gasteiger partial charge in [0.15, 0.2) is 0 Å². The molecule has 0 spiro atoms. The van der Waals surface area contributed by atoms with Gasteiger partial charge in [-0.05, 0) is 6.42 Å². The minimum Gasteiger partial charge on any atom is -0.382 e. The summed E-state index contributed by atoms with van der Waals surface area (Å²) in [7, 11) is 0. The van der Waals surface area contributed by atoms with Crippen LogP contribution in [-0.2, 0) is 6.42 Å². The Kier molecular flexibility index (Phi) is 2.20. The van der Waals surface area contributed by atoms with Crippen LogP contribution in [0.3, 0.4) is 0 Å². The van der Waals surface area contributed by atoms with Crippen molar-refractivity contribution in [3.8, 4) is 0 Å². The Hall–Kier alpha value is -1.12. The van der Waals surface area contributed by atoms with E-state index in [0.29, 0.717) is 5.82 Å². The topological polar surface area (TPSA) is 51.8 Å². The molecule has 0 saturated heterocycles. The molecule has 54 valence electrons. The number of rotatable bonds is 2. The standard InChI is InChI=1S/C7H11N3/c1-2-3-6-4-9-5-7(8)10-6/h4-5H,2-3H2,1H3,(H2,8,10). The molecule has 1 aromatic heterocycles. The molecule has 10 heavy (non-hydrogen) atoms. The van der Waals surface area contributed by atoms with Crippen molar-refractivity contribution in [3.05, 3.63) is 18.1 Å². The summed E-state index contributed by atoms with van der Waals surface area (Å²) in [5.74, 6) is 0.506. The lowest BCUT2D eigenvalue weighted by atomic mass is 10.3. The van der Waals surface area contributed by atoms with E-state index in [2.05, 4.69) is 16.9 Å². The van der Waals surface area contributed by atoms with Gasteiger partial charge in [-0.25, -0.2) is 4.98 Å². The molecule has 1 rings (SSSR count). The number of aromatic nitrogens is 2. The summed E-state index contributed by atoms with van der Waals surface area (Å²) in [5, 5.41) is 0. The molecule has 0 aromatic carbocycles. The van der Waals surface area contributed by atoms with Crippen LogP contribution in [0.2, 0.25) is 0 Å². The van der Waals surface area contributed by atoms with Crippen LogP contribution >= 0.6 is 0 Å². The first-order valence-corrected chi connectivity index (χ1v) is 3.39. The van der Waals surface area contributed by atoms with Crippen LogP contribution < -0.4 is 5.73 Å². The van der Waals surface area contributed by atoms with Gasteiger partial charge in [0.1, 0.15) is 5.82 Å². The number of hydrogen-bond donors (Lipinski definition) is 1. The summed E-state index contributed by atoms with van der Waals surface area (Å²) in [4.78, 5) is 7.99. The zero-order chi connectivity index (χ0) is 7.40. The Morgan fingerprint density at radius 1 is 1.50 bits per heavy atom. The monoisotopic (exact) mass is 137 g/mol. The highest BCUT2D eigenvalue weighted by Crippen LogP contribution is 1.99. The number of hydrogen-bond acceptors (Lipinski definition) is 3. The van der Waals surface area contributed by atoms with Crippen molar-refractivity contribution in [2.45, 2.75) is 19.8 Å². The molecule has 2 N–H and O–H groups in total. The number of nitrogens with two attached hydrogens (primary N) is 1. The molecule has 0 saturated carbocycles. The average molecular weight is 137 g/mol. The quantitative estimate of drug-likeness (QED) is 0.661. The van der Waals surface area contributed by atoms with Gasteiger partial charge in [-0.2, -0.15) is 0 Å². The lowest BCUT2D eigenvalue weighted by Crippen LogP contribution is -1.96. The van der Waals surface area contributed by atoms with Gasteiger partial charge in [0.05, 0.1) is 11.9 Å². The minimum atomic E-state index is 0.506. The third-order valence-electron chi connectivity index (χ3n) is 1.21. The fourth-order valence-electron chi connectivity index (χ4n) is 0.800. The van der Waals surface area contributed by atoms with Crippen LogP contribution in [0.25, 0.3) is 0 Å². The molecule has 3 nitrogen and oxygen atoms in total. The van der Waals surface area contributed by atoms with Crippen molar-refractivity contribution in [1.82, 2.24) is 9.97 Å². The van der Waals surface area contributed by atoms with Crippen LogP contribution in [-0.4, -0.2) is 9.97 Å². The van der Waals surface area contributed by atoms with Crippen LogP contribution in [0.1, 0.15) is 19.0 Å². The molecule has 0 aliphatic heterocycles. The molecular weight excluding hydrogens is 126 g/mol. The molecule has 0 radical (unpaired) electrons. The normalized spacial score (nSPS) is 9.70. The average Bonchev–Trinajstić information content (AvgIpc) is 1.88. The summed E-state index contributed by atoms with van der Waals surface area (Å²) >= 11 is 0. The maximum Gasteiger partial charge on any atom is 0.142 e. The van der Waals surface area contributed by atoms with E-state index in [1.165, 1.54) is 0 Å². The predicted octanol–water partition coefficient (Wildman–Crippen LogP) is 1.01. The molecule has 0 aliphatic rings. The summed E-state index contributed by atoms with van der Waals surface area (Å²) in [6, 6.07) is 0. The zero-order valence-corrected chi connectivity index (χ0v) is 6.04. The Morgan fingerprint density at radius 2 is 2.30 bits per heavy atom. The van der Waals surface area contributed by atoms with E-state index in [-0.39, 0.29) is 0 Å². The molecule has 0 atom stereocenters. The zero-order valence-electron chi connectivity index (χ0n) is 6.04. The first-order valence-electron chi connectivity index (χ1n) is 3.39. The van der Waals surface area contributed by atoms with Gasteiger partial charge in [-0.15, -0.1) is 0 Å². The van der Waals surface area contributed by atoms with E-state index in [9.17, 15) is 0 Å². The predicted molar refractivity (Wildman–Crippen MR) is 40.4 cm³/mol. The Bertz CT molecular complexity index is 210. The van der Waals surface area contributed by atoms with Crippen LogP contribution in [0.5, 0.6) is 0 Å². The van der Waals surface area contributed by atoms with E-state index in [4.69, 9.17) is 5.73 Å². The molecule has 0 amide bonds. The number of nitrogens with zero attached hydrogens (tertiary/aromatic N) is 2. The van der Waals surface area contributed by atoms with Gasteiger partial charge < -0.3 is 5.73 Å². The second-order valence-corrected chi connectivity index (χ2v) is 2.19. The maximum absolute atomic E-state index is 5.42. The first-order chi connectivity index (χ1) is 4.83. The van der Waals surface area contributed by atoms with E-state index in [1.54, 1.807) is 12.4 Å². The van der Waals surface area contributed by atoms with Gasteiger partial charge >= 0.3 is 0 Å². The summed E-state index contributed by atoms with van der Waals surface area (Å²) in [5.41, 5.74) is 6.39. The molecule has 0 aliphatic carbocycles. The van der Waals surface area contributed by atoms with Gasteiger partial charge in [0.2, 0.25) is 0 Å². The first kappa shape index (κ1) is 6.99. The Balaban J connectivity index is 2.75. The van der Waals surface area contributed by atoms with Crippen molar-refractivity contribution >= 4 is 5.82 Å². The molecular formula is C7H11N3. The number of nitrogen functional groups attached to an aromatic ring is 1. The van der Waals surface area contributed by atoms with Crippen LogP contribution in [0.15, 0.2) is 12.4 Å². The van der Waals surface area contributed by atoms with Crippen molar-refractivity contribution in [3.63, 3.8) is 0 Å². The number of aryl methyl sites for hydroxylation is 1. The van der Waals surface area contributed by atoms with Gasteiger partial charge in [0, 0.05) is 6.20 Å². The van der Waals surface area contributed by atoms with E-state index in [0.717, 1.165) is 18.5 Å². The van der Waals surface area contributed by atoms with Crippen molar-refractivity contribution < 1.29 is 0 Å². The maximum atomic E-state index is 5.42. The summed E-state index contributed by atoms with van der Waals surface area (Å²) in [6.45, 7) is 2.10.